The van der Waals surface area contributed by atoms with Crippen LogP contribution in [0.3, 0.4) is 0 Å². The summed E-state index contributed by atoms with van der Waals surface area (Å²) in [4.78, 5) is 0. The molecular formula is C8H6ClNO2. The minimum Gasteiger partial charge on any atom is -0.504 e. The summed E-state index contributed by atoms with van der Waals surface area (Å²) in [6.45, 7) is -0.0881. The van der Waals surface area contributed by atoms with Gasteiger partial charge < -0.3 is 9.84 Å². The third-order valence-corrected chi connectivity index (χ3v) is 1.45. The Bertz CT molecular complexity index is 319. The Morgan fingerprint density at radius 3 is 2.92 bits per heavy atom. The van der Waals surface area contributed by atoms with Crippen LogP contribution in [0, 0.1) is 11.3 Å². The molecule has 0 aromatic heterocycles. The van der Waals surface area contributed by atoms with E-state index in [0.717, 1.165) is 0 Å². The van der Waals surface area contributed by atoms with Gasteiger partial charge in [-0.05, 0) is 12.1 Å². The van der Waals surface area contributed by atoms with Crippen LogP contribution in [0.1, 0.15) is 0 Å². The fraction of sp³-hybridized carbons (Fsp3) is 0.125. The van der Waals surface area contributed by atoms with E-state index in [9.17, 15) is 5.11 Å². The fourth-order valence-corrected chi connectivity index (χ4v) is 0.889. The minimum absolute atomic E-state index is 0.0576. The maximum Gasteiger partial charge on any atom is 0.174 e. The van der Waals surface area contributed by atoms with Gasteiger partial charge in [-0.15, -0.1) is 0 Å². The number of nitriles is 1. The van der Waals surface area contributed by atoms with E-state index in [-0.39, 0.29) is 18.1 Å². The molecular weight excluding hydrogens is 178 g/mol. The lowest BCUT2D eigenvalue weighted by Crippen LogP contribution is -1.93. The van der Waals surface area contributed by atoms with Crippen LogP contribution >= 0.6 is 11.6 Å². The predicted octanol–water partition coefficient (Wildman–Crippen LogP) is 1.95. The van der Waals surface area contributed by atoms with Crippen LogP contribution in [0.5, 0.6) is 11.5 Å². The van der Waals surface area contributed by atoms with Gasteiger partial charge in [0.15, 0.2) is 18.1 Å². The standard InChI is InChI=1S/C8H6ClNO2/c9-6-1-2-8(7(11)5-6)12-4-3-10/h1-2,5,11H,4H2. The lowest BCUT2D eigenvalue weighted by molar-refractivity contribution is 0.340. The Kier molecular flexibility index (Phi) is 2.78. The van der Waals surface area contributed by atoms with Gasteiger partial charge in [-0.25, -0.2) is 0 Å². The molecule has 0 bridgehead atoms. The summed E-state index contributed by atoms with van der Waals surface area (Å²) in [5, 5.41) is 17.8. The van der Waals surface area contributed by atoms with E-state index in [1.165, 1.54) is 12.1 Å². The minimum atomic E-state index is -0.0881. The molecule has 0 atom stereocenters. The Morgan fingerprint density at radius 1 is 1.58 bits per heavy atom. The number of benzene rings is 1. The van der Waals surface area contributed by atoms with E-state index in [4.69, 9.17) is 21.6 Å². The van der Waals surface area contributed by atoms with Crippen molar-refractivity contribution in [2.45, 2.75) is 0 Å². The lowest BCUT2D eigenvalue weighted by Gasteiger charge is -2.03. The number of phenolic OH excluding ortho intramolecular Hbond substituents is 1. The number of aromatic hydroxyl groups is 1. The highest BCUT2D eigenvalue weighted by atomic mass is 35.5. The van der Waals surface area contributed by atoms with Crippen LogP contribution in [-0.4, -0.2) is 11.7 Å². The summed E-state index contributed by atoms with van der Waals surface area (Å²) in [5.74, 6) is 0.207. The first-order chi connectivity index (χ1) is 5.74. The third kappa shape index (κ3) is 2.04. The molecule has 1 aromatic rings. The van der Waals surface area contributed by atoms with Crippen molar-refractivity contribution in [1.29, 1.82) is 5.26 Å². The Morgan fingerprint density at radius 2 is 2.33 bits per heavy atom. The molecule has 0 fully saturated rings. The van der Waals surface area contributed by atoms with Crippen molar-refractivity contribution in [3.63, 3.8) is 0 Å². The maximum absolute atomic E-state index is 9.20. The second-order valence-electron chi connectivity index (χ2n) is 2.06. The maximum atomic E-state index is 9.20. The summed E-state index contributed by atoms with van der Waals surface area (Å²) in [5.41, 5.74) is 0. The van der Waals surface area contributed by atoms with Crippen molar-refractivity contribution in [1.82, 2.24) is 0 Å². The Hall–Kier alpha value is -1.40. The van der Waals surface area contributed by atoms with E-state index in [1.54, 1.807) is 12.1 Å². The summed E-state index contributed by atoms with van der Waals surface area (Å²) in [6, 6.07) is 6.23. The van der Waals surface area contributed by atoms with Crippen LogP contribution in [0.2, 0.25) is 5.02 Å². The Balaban J connectivity index is 2.81. The van der Waals surface area contributed by atoms with Crippen molar-refractivity contribution >= 4 is 11.6 Å². The van der Waals surface area contributed by atoms with Gasteiger partial charge in [0.25, 0.3) is 0 Å². The molecule has 0 aliphatic rings. The van der Waals surface area contributed by atoms with Crippen LogP contribution in [-0.2, 0) is 0 Å². The summed E-state index contributed by atoms with van der Waals surface area (Å²) >= 11 is 5.57. The lowest BCUT2D eigenvalue weighted by atomic mass is 10.3. The summed E-state index contributed by atoms with van der Waals surface area (Å²) in [6.07, 6.45) is 0. The molecule has 1 N–H and O–H groups in total. The van der Waals surface area contributed by atoms with E-state index in [0.29, 0.717) is 5.02 Å². The first-order valence-electron chi connectivity index (χ1n) is 3.22. The molecule has 0 heterocycles. The molecule has 62 valence electrons. The van der Waals surface area contributed by atoms with E-state index in [2.05, 4.69) is 0 Å². The van der Waals surface area contributed by atoms with Crippen molar-refractivity contribution in [2.75, 3.05) is 6.61 Å². The van der Waals surface area contributed by atoms with Gasteiger partial charge in [-0.1, -0.05) is 11.6 Å². The van der Waals surface area contributed by atoms with Crippen LogP contribution < -0.4 is 4.74 Å². The number of nitrogens with zero attached hydrogens (tertiary/aromatic N) is 1. The molecule has 0 unspecified atom stereocenters. The smallest absolute Gasteiger partial charge is 0.174 e. The van der Waals surface area contributed by atoms with Gasteiger partial charge in [0.2, 0.25) is 0 Å². The average molecular weight is 184 g/mol. The molecule has 0 saturated heterocycles. The van der Waals surface area contributed by atoms with Crippen molar-refractivity contribution in [2.24, 2.45) is 0 Å². The number of hydrogen-bond acceptors (Lipinski definition) is 3. The normalized spacial score (nSPS) is 9.00. The van der Waals surface area contributed by atoms with Gasteiger partial charge in [-0.2, -0.15) is 5.26 Å². The van der Waals surface area contributed by atoms with E-state index in [1.807, 2.05) is 0 Å². The molecule has 4 heteroatoms. The second-order valence-corrected chi connectivity index (χ2v) is 2.50. The van der Waals surface area contributed by atoms with Gasteiger partial charge >= 0.3 is 0 Å². The highest BCUT2D eigenvalue weighted by molar-refractivity contribution is 6.30. The molecule has 0 amide bonds. The monoisotopic (exact) mass is 183 g/mol. The first-order valence-corrected chi connectivity index (χ1v) is 3.60. The molecule has 1 rings (SSSR count). The van der Waals surface area contributed by atoms with Crippen molar-refractivity contribution in [3.05, 3.63) is 23.2 Å². The molecule has 3 nitrogen and oxygen atoms in total. The number of hydrogen-bond donors (Lipinski definition) is 1. The van der Waals surface area contributed by atoms with Crippen LogP contribution in [0.25, 0.3) is 0 Å². The molecule has 0 aliphatic carbocycles. The zero-order valence-corrected chi connectivity index (χ0v) is 6.88. The summed E-state index contributed by atoms with van der Waals surface area (Å²) in [7, 11) is 0. The van der Waals surface area contributed by atoms with Gasteiger partial charge in [0.05, 0.1) is 0 Å². The molecule has 1 aromatic carbocycles. The SMILES string of the molecule is N#CCOc1ccc(Cl)cc1O. The summed E-state index contributed by atoms with van der Waals surface area (Å²) < 4.78 is 4.87. The third-order valence-electron chi connectivity index (χ3n) is 1.21. The highest BCUT2D eigenvalue weighted by Crippen LogP contribution is 2.28. The number of ether oxygens (including phenoxy) is 1. The molecule has 0 spiro atoms. The number of rotatable bonds is 2. The van der Waals surface area contributed by atoms with Gasteiger partial charge in [-0.3, -0.25) is 0 Å². The highest BCUT2D eigenvalue weighted by Gasteiger charge is 2.01. The van der Waals surface area contributed by atoms with E-state index < -0.39 is 0 Å². The van der Waals surface area contributed by atoms with Gasteiger partial charge in [0, 0.05) is 11.1 Å². The van der Waals surface area contributed by atoms with Crippen LogP contribution in [0.4, 0.5) is 0 Å². The van der Waals surface area contributed by atoms with Crippen molar-refractivity contribution < 1.29 is 9.84 Å². The topological polar surface area (TPSA) is 53.2 Å². The molecule has 0 aliphatic heterocycles. The van der Waals surface area contributed by atoms with Crippen LogP contribution in [0.15, 0.2) is 18.2 Å². The molecule has 0 saturated carbocycles. The second kappa shape index (κ2) is 3.84. The molecule has 0 radical (unpaired) electrons. The zero-order valence-electron chi connectivity index (χ0n) is 6.12. The average Bonchev–Trinajstić information content (AvgIpc) is 2.03. The number of phenols is 1. The van der Waals surface area contributed by atoms with Crippen molar-refractivity contribution in [3.8, 4) is 17.6 Å². The zero-order chi connectivity index (χ0) is 8.97. The quantitative estimate of drug-likeness (QED) is 0.763. The largest absolute Gasteiger partial charge is 0.504 e. The Labute approximate surface area is 74.8 Å². The number of halogens is 1. The van der Waals surface area contributed by atoms with E-state index >= 15 is 0 Å². The first kappa shape index (κ1) is 8.69. The molecule has 12 heavy (non-hydrogen) atoms. The predicted molar refractivity (Wildman–Crippen MR) is 44.2 cm³/mol. The van der Waals surface area contributed by atoms with Gasteiger partial charge in [0.1, 0.15) is 6.07 Å². The fourth-order valence-electron chi connectivity index (χ4n) is 0.723.